The molecule has 0 aliphatic carbocycles. The lowest BCUT2D eigenvalue weighted by atomic mass is 9.84. The summed E-state index contributed by atoms with van der Waals surface area (Å²) >= 11 is 0. The molecule has 2 atom stereocenters. The molecule has 7 nitrogen and oxygen atoms in total. The van der Waals surface area contributed by atoms with Gasteiger partial charge >= 0.3 is 6.09 Å². The van der Waals surface area contributed by atoms with E-state index in [-0.39, 0.29) is 48.8 Å². The zero-order valence-corrected chi connectivity index (χ0v) is 16.2. The first-order valence-electron chi connectivity index (χ1n) is 8.99. The molecule has 0 aromatic heterocycles. The minimum atomic E-state index is -3.58. The van der Waals surface area contributed by atoms with Crippen LogP contribution in [-0.4, -0.2) is 55.9 Å². The van der Waals surface area contributed by atoms with Crippen LogP contribution < -0.4 is 0 Å². The summed E-state index contributed by atoms with van der Waals surface area (Å²) < 4.78 is 32.1. The Labute approximate surface area is 159 Å². The van der Waals surface area contributed by atoms with Crippen LogP contribution in [-0.2, 0) is 19.6 Å². The molecule has 0 bridgehead atoms. The first kappa shape index (κ1) is 19.6. The zero-order chi connectivity index (χ0) is 19.6. The number of hydrogen-bond donors (Lipinski definition) is 0. The molecule has 2 aliphatic heterocycles. The lowest BCUT2D eigenvalue weighted by Crippen LogP contribution is -2.44. The van der Waals surface area contributed by atoms with Crippen LogP contribution in [0.5, 0.6) is 0 Å². The fourth-order valence-corrected chi connectivity index (χ4v) is 5.04. The van der Waals surface area contributed by atoms with Gasteiger partial charge in [0.05, 0.1) is 11.4 Å². The van der Waals surface area contributed by atoms with Gasteiger partial charge in [-0.15, -0.1) is 6.58 Å². The lowest BCUT2D eigenvalue weighted by Gasteiger charge is -2.36. The fraction of sp³-hybridized carbons (Fsp3) is 0.474. The molecular formula is C19H24N2O5S. The predicted octanol–water partition coefficient (Wildman–Crippen LogP) is 2.18. The molecule has 0 spiro atoms. The van der Waals surface area contributed by atoms with Crippen molar-refractivity contribution >= 4 is 22.0 Å². The van der Waals surface area contributed by atoms with Gasteiger partial charge in [-0.2, -0.15) is 4.31 Å². The molecule has 0 radical (unpaired) electrons. The highest BCUT2D eigenvalue weighted by molar-refractivity contribution is 7.89. The van der Waals surface area contributed by atoms with Gasteiger partial charge in [0.25, 0.3) is 0 Å². The number of piperidine rings is 1. The van der Waals surface area contributed by atoms with E-state index in [4.69, 9.17) is 4.74 Å². The van der Waals surface area contributed by atoms with E-state index >= 15 is 0 Å². The second kappa shape index (κ2) is 7.82. The maximum atomic E-state index is 12.9. The van der Waals surface area contributed by atoms with E-state index in [1.54, 1.807) is 30.3 Å². The number of nitrogens with zero attached hydrogens (tertiary/aromatic N) is 2. The highest BCUT2D eigenvalue weighted by Crippen LogP contribution is 2.31. The van der Waals surface area contributed by atoms with Crippen molar-refractivity contribution in [3.8, 4) is 0 Å². The van der Waals surface area contributed by atoms with Crippen molar-refractivity contribution in [2.45, 2.75) is 24.7 Å². The zero-order valence-electron chi connectivity index (χ0n) is 15.3. The topological polar surface area (TPSA) is 84.0 Å². The summed E-state index contributed by atoms with van der Waals surface area (Å²) in [5.74, 6) is -0.474. The molecule has 0 N–H and O–H groups in total. The maximum Gasteiger partial charge on any atom is 0.416 e. The average Bonchev–Trinajstić information content (AvgIpc) is 3.08. The summed E-state index contributed by atoms with van der Waals surface area (Å²) in [6, 6.07) is 6.78. The van der Waals surface area contributed by atoms with Crippen molar-refractivity contribution in [2.75, 3.05) is 26.2 Å². The number of benzene rings is 1. The molecule has 8 heteroatoms. The van der Waals surface area contributed by atoms with Crippen LogP contribution >= 0.6 is 0 Å². The molecule has 2 aliphatic rings. The van der Waals surface area contributed by atoms with Crippen molar-refractivity contribution in [1.82, 2.24) is 9.21 Å². The van der Waals surface area contributed by atoms with Crippen molar-refractivity contribution < 1.29 is 22.7 Å². The molecule has 0 unspecified atom stereocenters. The Balaban J connectivity index is 1.69. The second-order valence-electron chi connectivity index (χ2n) is 6.99. The third kappa shape index (κ3) is 4.06. The van der Waals surface area contributed by atoms with Gasteiger partial charge in [-0.25, -0.2) is 18.1 Å². The molecule has 146 valence electrons. The van der Waals surface area contributed by atoms with Gasteiger partial charge < -0.3 is 4.74 Å². The number of cyclic esters (lactones) is 1. The second-order valence-corrected chi connectivity index (χ2v) is 8.93. The molecule has 27 heavy (non-hydrogen) atoms. The van der Waals surface area contributed by atoms with Gasteiger partial charge in [0.2, 0.25) is 15.9 Å². The van der Waals surface area contributed by atoms with E-state index in [9.17, 15) is 18.0 Å². The molecule has 2 heterocycles. The Kier molecular flexibility index (Phi) is 5.67. The number of imide groups is 1. The Hall–Kier alpha value is -2.19. The quantitative estimate of drug-likeness (QED) is 0.717. The molecule has 1 aromatic carbocycles. The Bertz CT molecular complexity index is 834. The molecular weight excluding hydrogens is 368 g/mol. The molecule has 2 saturated heterocycles. The van der Waals surface area contributed by atoms with E-state index < -0.39 is 16.1 Å². The number of aryl methyl sites for hydroxylation is 1. The van der Waals surface area contributed by atoms with Crippen LogP contribution in [0.3, 0.4) is 0 Å². The minimum absolute atomic E-state index is 0.0483. The van der Waals surface area contributed by atoms with E-state index in [2.05, 4.69) is 6.58 Å². The summed E-state index contributed by atoms with van der Waals surface area (Å²) in [7, 11) is -3.58. The van der Waals surface area contributed by atoms with Crippen LogP contribution in [0.1, 0.15) is 18.4 Å². The number of sulfonamides is 1. The summed E-state index contributed by atoms with van der Waals surface area (Å²) in [6.45, 7) is 6.84. The maximum absolute atomic E-state index is 12.9. The highest BCUT2D eigenvalue weighted by Gasteiger charge is 2.37. The van der Waals surface area contributed by atoms with Crippen molar-refractivity contribution in [1.29, 1.82) is 0 Å². The normalized spacial score (nSPS) is 23.9. The van der Waals surface area contributed by atoms with Crippen LogP contribution in [0.2, 0.25) is 0 Å². The summed E-state index contributed by atoms with van der Waals surface area (Å²) in [5.41, 5.74) is 0.996. The smallest absolute Gasteiger partial charge is 0.416 e. The molecule has 3 rings (SSSR count). The Morgan fingerprint density at radius 1 is 1.30 bits per heavy atom. The van der Waals surface area contributed by atoms with Crippen molar-refractivity contribution in [3.63, 3.8) is 0 Å². The third-order valence-electron chi connectivity index (χ3n) is 5.23. The van der Waals surface area contributed by atoms with E-state index in [1.807, 2.05) is 6.92 Å². The number of amides is 2. The Morgan fingerprint density at radius 3 is 2.59 bits per heavy atom. The molecule has 2 fully saturated rings. The average molecular weight is 392 g/mol. The number of carbonyl (C=O) groups is 2. The summed E-state index contributed by atoms with van der Waals surface area (Å²) in [4.78, 5) is 25.3. The van der Waals surface area contributed by atoms with Crippen molar-refractivity contribution in [3.05, 3.63) is 42.5 Å². The monoisotopic (exact) mass is 392 g/mol. The minimum Gasteiger partial charge on any atom is -0.447 e. The van der Waals surface area contributed by atoms with E-state index in [0.29, 0.717) is 13.0 Å². The predicted molar refractivity (Wildman–Crippen MR) is 99.4 cm³/mol. The van der Waals surface area contributed by atoms with E-state index in [1.165, 1.54) is 4.31 Å². The van der Waals surface area contributed by atoms with Crippen LogP contribution in [0.25, 0.3) is 0 Å². The first-order valence-corrected chi connectivity index (χ1v) is 10.4. The fourth-order valence-electron chi connectivity index (χ4n) is 3.55. The first-order chi connectivity index (χ1) is 12.8. The number of ether oxygens (including phenoxy) is 1. The number of carbonyl (C=O) groups excluding carboxylic acids is 2. The van der Waals surface area contributed by atoms with Gasteiger partial charge in [-0.3, -0.25) is 4.79 Å². The number of rotatable bonds is 5. The van der Waals surface area contributed by atoms with Gasteiger partial charge in [0.15, 0.2) is 0 Å². The third-order valence-corrected chi connectivity index (χ3v) is 7.11. The molecule has 2 amide bonds. The van der Waals surface area contributed by atoms with Crippen LogP contribution in [0.15, 0.2) is 41.8 Å². The number of hydrogen-bond acceptors (Lipinski definition) is 5. The largest absolute Gasteiger partial charge is 0.447 e. The van der Waals surface area contributed by atoms with Crippen molar-refractivity contribution in [2.24, 2.45) is 11.8 Å². The van der Waals surface area contributed by atoms with Gasteiger partial charge in [0.1, 0.15) is 6.61 Å². The standard InChI is InChI=1S/C19H24N2O5S/c1-3-15-13-20(27(24,25)17-6-4-14(2)5-7-17)9-8-16(15)12-18(22)21-10-11-26-19(21)23/h3-7,15-16H,1,8-13H2,2H3/t15-,16-/m1/s1. The summed E-state index contributed by atoms with van der Waals surface area (Å²) in [6.07, 6.45) is 1.83. The molecule has 0 saturated carbocycles. The van der Waals surface area contributed by atoms with Crippen LogP contribution in [0.4, 0.5) is 4.79 Å². The van der Waals surface area contributed by atoms with Gasteiger partial charge in [-0.05, 0) is 37.3 Å². The Morgan fingerprint density at radius 2 is 2.00 bits per heavy atom. The van der Waals surface area contributed by atoms with Crippen LogP contribution in [0, 0.1) is 18.8 Å². The van der Waals surface area contributed by atoms with Gasteiger partial charge in [-0.1, -0.05) is 23.8 Å². The highest BCUT2D eigenvalue weighted by atomic mass is 32.2. The SMILES string of the molecule is C=C[C@@H]1CN(S(=O)(=O)c2ccc(C)cc2)CC[C@@H]1CC(=O)N1CCOC1=O. The lowest BCUT2D eigenvalue weighted by molar-refractivity contribution is -0.129. The van der Waals surface area contributed by atoms with Gasteiger partial charge in [0, 0.05) is 19.5 Å². The molecule has 1 aromatic rings. The van der Waals surface area contributed by atoms with E-state index in [0.717, 1.165) is 10.5 Å². The summed E-state index contributed by atoms with van der Waals surface area (Å²) in [5, 5.41) is 0.